The van der Waals surface area contributed by atoms with Gasteiger partial charge in [0.15, 0.2) is 0 Å². The van der Waals surface area contributed by atoms with Crippen molar-refractivity contribution in [3.05, 3.63) is 53.1 Å². The lowest BCUT2D eigenvalue weighted by Crippen LogP contribution is -2.35. The second-order valence-electron chi connectivity index (χ2n) is 8.07. The number of likely N-dealkylation sites (N-methyl/N-ethyl adjacent to an activating group) is 1. The van der Waals surface area contributed by atoms with Gasteiger partial charge in [-0.15, -0.1) is 0 Å². The second kappa shape index (κ2) is 8.40. The van der Waals surface area contributed by atoms with Crippen molar-refractivity contribution in [1.29, 1.82) is 0 Å². The Bertz CT molecular complexity index is 1060. The molecule has 1 fully saturated rings. The first-order valence-corrected chi connectivity index (χ1v) is 12.1. The van der Waals surface area contributed by atoms with Crippen LogP contribution in [0.2, 0.25) is 0 Å². The molecule has 7 heteroatoms. The molecule has 2 heterocycles. The van der Waals surface area contributed by atoms with Crippen LogP contribution >= 0.6 is 0 Å². The summed E-state index contributed by atoms with van der Waals surface area (Å²) in [6, 6.07) is 10.8. The van der Waals surface area contributed by atoms with Gasteiger partial charge in [0.25, 0.3) is 5.91 Å². The number of rotatable bonds is 5. The molecule has 1 amide bonds. The van der Waals surface area contributed by atoms with E-state index in [0.29, 0.717) is 18.7 Å². The van der Waals surface area contributed by atoms with Crippen LogP contribution in [-0.2, 0) is 16.4 Å². The molecule has 6 nitrogen and oxygen atoms in total. The molecule has 0 saturated carbocycles. The van der Waals surface area contributed by atoms with Crippen LogP contribution in [-0.4, -0.2) is 44.8 Å². The summed E-state index contributed by atoms with van der Waals surface area (Å²) in [5.74, 6) is -0.288. The number of nitrogens with zero attached hydrogens (tertiary/aromatic N) is 2. The molecule has 1 saturated heterocycles. The van der Waals surface area contributed by atoms with Gasteiger partial charge in [-0.3, -0.25) is 4.79 Å². The number of sulfonamides is 1. The average molecular weight is 428 g/mol. The molecule has 0 spiro atoms. The number of carbonyl (C=O) groups is 1. The van der Waals surface area contributed by atoms with E-state index >= 15 is 0 Å². The zero-order valence-corrected chi connectivity index (χ0v) is 18.5. The lowest BCUT2D eigenvalue weighted by Gasteiger charge is -2.26. The standard InChI is InChI=1S/C23H29N3O3S/c1-3-25-14-11-18-8-9-19(15-22(18)25)24-23(27)21-16-20(10-7-17(21)2)30(28,29)26-12-5-4-6-13-26/h7-10,15-16H,3-6,11-14H2,1-2H3,(H,24,27). The number of amides is 1. The summed E-state index contributed by atoms with van der Waals surface area (Å²) in [7, 11) is -3.58. The smallest absolute Gasteiger partial charge is 0.255 e. The molecule has 0 atom stereocenters. The third-order valence-corrected chi connectivity index (χ3v) is 8.02. The van der Waals surface area contributed by atoms with E-state index in [-0.39, 0.29) is 10.8 Å². The lowest BCUT2D eigenvalue weighted by atomic mass is 10.1. The third kappa shape index (κ3) is 3.96. The molecule has 2 aliphatic heterocycles. The zero-order valence-electron chi connectivity index (χ0n) is 17.6. The van der Waals surface area contributed by atoms with Gasteiger partial charge in [-0.1, -0.05) is 18.6 Å². The summed E-state index contributed by atoms with van der Waals surface area (Å²) >= 11 is 0. The molecule has 0 aliphatic carbocycles. The first kappa shape index (κ1) is 20.9. The largest absolute Gasteiger partial charge is 0.371 e. The highest BCUT2D eigenvalue weighted by molar-refractivity contribution is 7.89. The van der Waals surface area contributed by atoms with Gasteiger partial charge in [0.05, 0.1) is 4.90 Å². The van der Waals surface area contributed by atoms with Gasteiger partial charge in [0.2, 0.25) is 10.0 Å². The van der Waals surface area contributed by atoms with Crippen molar-refractivity contribution in [3.8, 4) is 0 Å². The quantitative estimate of drug-likeness (QED) is 0.788. The van der Waals surface area contributed by atoms with Crippen molar-refractivity contribution in [3.63, 3.8) is 0 Å². The van der Waals surface area contributed by atoms with Crippen LogP contribution in [0, 0.1) is 6.92 Å². The molecule has 1 N–H and O–H groups in total. The molecular weight excluding hydrogens is 398 g/mol. The third-order valence-electron chi connectivity index (χ3n) is 6.12. The number of benzene rings is 2. The van der Waals surface area contributed by atoms with Crippen molar-refractivity contribution in [2.75, 3.05) is 36.4 Å². The highest BCUT2D eigenvalue weighted by Crippen LogP contribution is 2.31. The van der Waals surface area contributed by atoms with Gasteiger partial charge < -0.3 is 10.2 Å². The Balaban J connectivity index is 1.58. The fraction of sp³-hybridized carbons (Fsp3) is 0.435. The Morgan fingerprint density at radius 3 is 2.53 bits per heavy atom. The van der Waals surface area contributed by atoms with Crippen molar-refractivity contribution in [1.82, 2.24) is 4.31 Å². The number of hydrogen-bond donors (Lipinski definition) is 1. The van der Waals surface area contributed by atoms with E-state index in [1.165, 1.54) is 15.9 Å². The number of nitrogens with one attached hydrogen (secondary N) is 1. The molecule has 4 rings (SSSR count). The normalized spacial score (nSPS) is 17.1. The Kier molecular flexibility index (Phi) is 5.84. The van der Waals surface area contributed by atoms with E-state index in [1.54, 1.807) is 12.1 Å². The number of fused-ring (bicyclic) bond motifs is 1. The van der Waals surface area contributed by atoms with Gasteiger partial charge in [0.1, 0.15) is 0 Å². The van der Waals surface area contributed by atoms with Crippen LogP contribution in [0.1, 0.15) is 47.7 Å². The van der Waals surface area contributed by atoms with Crippen molar-refractivity contribution in [2.45, 2.75) is 44.4 Å². The zero-order chi connectivity index (χ0) is 21.3. The maximum absolute atomic E-state index is 13.0. The summed E-state index contributed by atoms with van der Waals surface area (Å²) < 4.78 is 27.6. The molecule has 2 aromatic carbocycles. The summed E-state index contributed by atoms with van der Waals surface area (Å²) in [6.07, 6.45) is 3.84. The fourth-order valence-electron chi connectivity index (χ4n) is 4.31. The Hall–Kier alpha value is -2.38. The first-order valence-electron chi connectivity index (χ1n) is 10.7. The Morgan fingerprint density at radius 2 is 1.80 bits per heavy atom. The van der Waals surface area contributed by atoms with Crippen molar-refractivity contribution in [2.24, 2.45) is 0 Å². The van der Waals surface area contributed by atoms with Crippen LogP contribution < -0.4 is 10.2 Å². The number of piperidine rings is 1. The van der Waals surface area contributed by atoms with Crippen LogP contribution in [0.4, 0.5) is 11.4 Å². The Labute approximate surface area is 178 Å². The van der Waals surface area contributed by atoms with Crippen LogP contribution in [0.5, 0.6) is 0 Å². The van der Waals surface area contributed by atoms with Gasteiger partial charge >= 0.3 is 0 Å². The maximum Gasteiger partial charge on any atom is 0.255 e. The monoisotopic (exact) mass is 427 g/mol. The summed E-state index contributed by atoms with van der Waals surface area (Å²) in [5, 5.41) is 2.96. The SMILES string of the molecule is CCN1CCc2ccc(NC(=O)c3cc(S(=O)(=O)N4CCCCC4)ccc3C)cc21. The van der Waals surface area contributed by atoms with Crippen LogP contribution in [0.25, 0.3) is 0 Å². The number of carbonyl (C=O) groups excluding carboxylic acids is 1. The summed E-state index contributed by atoms with van der Waals surface area (Å²) in [5.41, 5.74) is 4.32. The van der Waals surface area contributed by atoms with Crippen molar-refractivity contribution < 1.29 is 13.2 Å². The Morgan fingerprint density at radius 1 is 1.03 bits per heavy atom. The van der Waals surface area contributed by atoms with Gasteiger partial charge in [-0.25, -0.2) is 8.42 Å². The minimum Gasteiger partial charge on any atom is -0.371 e. The minimum atomic E-state index is -3.58. The van der Waals surface area contributed by atoms with E-state index in [0.717, 1.165) is 55.7 Å². The number of aryl methyl sites for hydroxylation is 1. The lowest BCUT2D eigenvalue weighted by molar-refractivity contribution is 0.102. The molecule has 0 bridgehead atoms. The van der Waals surface area contributed by atoms with Gasteiger partial charge in [0, 0.05) is 43.1 Å². The highest BCUT2D eigenvalue weighted by Gasteiger charge is 2.27. The predicted octanol–water partition coefficient (Wildman–Crippen LogP) is 3.80. The van der Waals surface area contributed by atoms with E-state index in [9.17, 15) is 13.2 Å². The first-order chi connectivity index (χ1) is 14.4. The molecule has 0 unspecified atom stereocenters. The minimum absolute atomic E-state index is 0.186. The van der Waals surface area contributed by atoms with Gasteiger partial charge in [-0.2, -0.15) is 4.31 Å². The van der Waals surface area contributed by atoms with Gasteiger partial charge in [-0.05, 0) is 68.5 Å². The van der Waals surface area contributed by atoms with Crippen LogP contribution in [0.3, 0.4) is 0 Å². The average Bonchev–Trinajstić information content (AvgIpc) is 3.17. The van der Waals surface area contributed by atoms with E-state index < -0.39 is 10.0 Å². The summed E-state index contributed by atoms with van der Waals surface area (Å²) in [6.45, 7) is 6.96. The number of hydrogen-bond acceptors (Lipinski definition) is 4. The number of anilines is 2. The fourth-order valence-corrected chi connectivity index (χ4v) is 5.85. The predicted molar refractivity (Wildman–Crippen MR) is 120 cm³/mol. The topological polar surface area (TPSA) is 69.7 Å². The molecular formula is C23H29N3O3S. The molecule has 30 heavy (non-hydrogen) atoms. The second-order valence-corrected chi connectivity index (χ2v) is 10.0. The van der Waals surface area contributed by atoms with E-state index in [1.807, 2.05) is 19.1 Å². The van der Waals surface area contributed by atoms with Crippen molar-refractivity contribution >= 4 is 27.3 Å². The van der Waals surface area contributed by atoms with Crippen LogP contribution in [0.15, 0.2) is 41.3 Å². The highest BCUT2D eigenvalue weighted by atomic mass is 32.2. The molecule has 160 valence electrons. The van der Waals surface area contributed by atoms with E-state index in [4.69, 9.17) is 0 Å². The summed E-state index contributed by atoms with van der Waals surface area (Å²) in [4.78, 5) is 15.5. The molecule has 2 aromatic rings. The molecule has 0 radical (unpaired) electrons. The maximum atomic E-state index is 13.0. The molecule has 0 aromatic heterocycles. The van der Waals surface area contributed by atoms with E-state index in [2.05, 4.69) is 23.2 Å². The molecule has 2 aliphatic rings.